The predicted molar refractivity (Wildman–Crippen MR) is 240 cm³/mol. The summed E-state index contributed by atoms with van der Waals surface area (Å²) in [6, 6.07) is 62.2. The van der Waals surface area contributed by atoms with E-state index in [0.29, 0.717) is 33.4 Å². The molecule has 0 aliphatic carbocycles. The van der Waals surface area contributed by atoms with Crippen molar-refractivity contribution in [3.8, 4) is 56.4 Å². The lowest BCUT2D eigenvalue weighted by Gasteiger charge is -2.21. The summed E-state index contributed by atoms with van der Waals surface area (Å²) in [5.74, 6) is -1.07. The Bertz CT molecular complexity index is 3090. The zero-order chi connectivity index (χ0) is 40.7. The summed E-state index contributed by atoms with van der Waals surface area (Å²) in [6.45, 7) is 0. The van der Waals surface area contributed by atoms with Gasteiger partial charge in [-0.1, -0.05) is 158 Å². The van der Waals surface area contributed by atoms with Crippen molar-refractivity contribution in [2.24, 2.45) is 0 Å². The number of hydrogen-bond acceptors (Lipinski definition) is 4. The molecule has 6 heteroatoms. The van der Waals surface area contributed by atoms with E-state index in [1.165, 1.54) is 0 Å². The third-order valence-corrected chi connectivity index (χ3v) is 11.1. The van der Waals surface area contributed by atoms with Gasteiger partial charge in [-0.05, 0) is 102 Å². The molecule has 0 saturated heterocycles. The van der Waals surface area contributed by atoms with Crippen molar-refractivity contribution >= 4 is 55.0 Å². The monoisotopic (exact) mass is 778 g/mol. The Labute approximate surface area is 344 Å². The predicted octanol–water partition coefficient (Wildman–Crippen LogP) is 14.3. The van der Waals surface area contributed by atoms with Crippen LogP contribution in [0.4, 0.5) is 0 Å². The quantitative estimate of drug-likeness (QED) is 0.152. The van der Waals surface area contributed by atoms with Crippen LogP contribution in [0.25, 0.3) is 76.5 Å². The van der Waals surface area contributed by atoms with Crippen molar-refractivity contribution in [1.29, 1.82) is 0 Å². The Hall–Kier alpha value is -8.22. The largest absolute Gasteiger partial charge is 0.478 e. The Morgan fingerprint density at radius 2 is 0.683 bits per heavy atom. The molecule has 0 aromatic heterocycles. The maximum absolute atomic E-state index is 13.0. The van der Waals surface area contributed by atoms with E-state index in [1.54, 1.807) is 24.3 Å². The number of hydrogen-bond donors (Lipinski definition) is 2. The Balaban J connectivity index is 1.27. The van der Waals surface area contributed by atoms with Crippen molar-refractivity contribution in [1.82, 2.24) is 0 Å². The summed E-state index contributed by atoms with van der Waals surface area (Å²) in [6.07, 6.45) is 0. The first-order valence-electron chi connectivity index (χ1n) is 19.5. The van der Waals surface area contributed by atoms with Gasteiger partial charge in [-0.2, -0.15) is 0 Å². The van der Waals surface area contributed by atoms with Crippen LogP contribution < -0.4 is 9.47 Å². The maximum Gasteiger partial charge on any atom is 0.340 e. The number of aromatic carboxylic acids is 2. The molecule has 10 aromatic rings. The van der Waals surface area contributed by atoms with E-state index in [0.717, 1.165) is 54.6 Å². The third kappa shape index (κ3) is 6.42. The normalized spacial score (nSPS) is 11.3. The highest BCUT2D eigenvalue weighted by molar-refractivity contribution is 6.12. The Morgan fingerprint density at radius 1 is 0.317 bits per heavy atom. The lowest BCUT2D eigenvalue weighted by atomic mass is 9.90. The molecule has 6 nitrogen and oxygen atoms in total. The third-order valence-electron chi connectivity index (χ3n) is 11.1. The molecule has 10 aromatic carbocycles. The van der Waals surface area contributed by atoms with Crippen LogP contribution in [0, 0.1) is 0 Å². The lowest BCUT2D eigenvalue weighted by molar-refractivity contribution is 0.0685. The second-order valence-corrected chi connectivity index (χ2v) is 14.6. The first kappa shape index (κ1) is 36.1. The highest BCUT2D eigenvalue weighted by Gasteiger charge is 2.25. The molecular formula is C54H34O6. The SMILES string of the molecule is O=C(O)c1c(Oc2ccc3cc(-c4ccccc4)ccc3c2-c2c(Oc3ccc4ccccc4c3C(=O)O)ccc3cc(-c4ccccc4)ccc23)ccc2ccccc12. The molecule has 60 heavy (non-hydrogen) atoms. The van der Waals surface area contributed by atoms with Crippen LogP contribution in [0.15, 0.2) is 194 Å². The summed E-state index contributed by atoms with van der Waals surface area (Å²) in [7, 11) is 0. The van der Waals surface area contributed by atoms with Crippen molar-refractivity contribution in [3.63, 3.8) is 0 Å². The minimum absolute atomic E-state index is 0.0442. The second-order valence-electron chi connectivity index (χ2n) is 14.6. The van der Waals surface area contributed by atoms with Gasteiger partial charge in [-0.25, -0.2) is 9.59 Å². The maximum atomic E-state index is 13.0. The van der Waals surface area contributed by atoms with Gasteiger partial charge >= 0.3 is 11.9 Å². The minimum Gasteiger partial charge on any atom is -0.478 e. The van der Waals surface area contributed by atoms with Gasteiger partial charge in [0.15, 0.2) is 0 Å². The van der Waals surface area contributed by atoms with E-state index in [4.69, 9.17) is 9.47 Å². The molecule has 0 heterocycles. The molecule has 0 radical (unpaired) electrons. The van der Waals surface area contributed by atoms with Gasteiger partial charge in [-0.3, -0.25) is 0 Å². The van der Waals surface area contributed by atoms with Crippen molar-refractivity contribution in [3.05, 3.63) is 205 Å². The van der Waals surface area contributed by atoms with Crippen molar-refractivity contribution in [2.75, 3.05) is 0 Å². The molecule has 10 rings (SSSR count). The standard InChI is InChI=1S/C54H34O6/c55-53(56)51-41-17-9-7-15-35(41)21-27-47(51)59-45-29-23-39-31-37(33-11-3-1-4-12-33)19-25-43(39)49(45)50-44-26-20-38(34-13-5-2-6-14-34)32-40(44)24-30-46(50)60-48-28-22-36-16-8-10-18-42(36)52(48)54(57)58/h1-32H,(H,55,56)(H,57,58). The van der Waals surface area contributed by atoms with Gasteiger partial charge in [-0.15, -0.1) is 0 Å². The number of fused-ring (bicyclic) bond motifs is 4. The number of carboxylic acids is 2. The smallest absolute Gasteiger partial charge is 0.340 e. The molecule has 0 amide bonds. The van der Waals surface area contributed by atoms with Crippen LogP contribution in [0.3, 0.4) is 0 Å². The average molecular weight is 779 g/mol. The lowest BCUT2D eigenvalue weighted by Crippen LogP contribution is -2.03. The van der Waals surface area contributed by atoms with E-state index >= 15 is 0 Å². The number of rotatable bonds is 9. The van der Waals surface area contributed by atoms with Crippen LogP contribution in [-0.2, 0) is 0 Å². The minimum atomic E-state index is -1.11. The average Bonchev–Trinajstić information content (AvgIpc) is 3.29. The van der Waals surface area contributed by atoms with Crippen LogP contribution >= 0.6 is 0 Å². The van der Waals surface area contributed by atoms with E-state index < -0.39 is 11.9 Å². The fraction of sp³-hybridized carbons (Fsp3) is 0. The molecule has 0 fully saturated rings. The van der Waals surface area contributed by atoms with Crippen LogP contribution in [-0.4, -0.2) is 22.2 Å². The van der Waals surface area contributed by atoms with Gasteiger partial charge < -0.3 is 19.7 Å². The Kier molecular flexibility index (Phi) is 9.00. The van der Waals surface area contributed by atoms with E-state index in [9.17, 15) is 19.8 Å². The highest BCUT2D eigenvalue weighted by atomic mass is 16.5. The first-order valence-corrected chi connectivity index (χ1v) is 19.5. The molecule has 2 N–H and O–H groups in total. The van der Waals surface area contributed by atoms with Gasteiger partial charge in [0.25, 0.3) is 0 Å². The summed E-state index contributed by atoms with van der Waals surface area (Å²) < 4.78 is 13.6. The summed E-state index contributed by atoms with van der Waals surface area (Å²) in [5.41, 5.74) is 5.56. The van der Waals surface area contributed by atoms with E-state index in [2.05, 4.69) is 60.7 Å². The zero-order valence-corrected chi connectivity index (χ0v) is 32.0. The summed E-state index contributed by atoms with van der Waals surface area (Å²) in [4.78, 5) is 26.0. The zero-order valence-electron chi connectivity index (χ0n) is 32.0. The fourth-order valence-corrected chi connectivity index (χ4v) is 8.28. The number of carboxylic acid groups (broad SMARTS) is 2. The molecular weight excluding hydrogens is 745 g/mol. The fourth-order valence-electron chi connectivity index (χ4n) is 8.28. The molecule has 0 bridgehead atoms. The van der Waals surface area contributed by atoms with Crippen molar-refractivity contribution < 1.29 is 29.3 Å². The topological polar surface area (TPSA) is 93.1 Å². The Morgan fingerprint density at radius 3 is 1.10 bits per heavy atom. The second kappa shape index (κ2) is 14.9. The van der Waals surface area contributed by atoms with Gasteiger partial charge in [0.2, 0.25) is 0 Å². The van der Waals surface area contributed by atoms with Gasteiger partial charge in [0.05, 0.1) is 0 Å². The van der Waals surface area contributed by atoms with E-state index in [1.807, 2.05) is 109 Å². The van der Waals surface area contributed by atoms with E-state index in [-0.39, 0.29) is 22.6 Å². The highest BCUT2D eigenvalue weighted by Crippen LogP contribution is 2.49. The molecule has 0 atom stereocenters. The van der Waals surface area contributed by atoms with Crippen molar-refractivity contribution in [2.45, 2.75) is 0 Å². The number of carbonyl (C=O) groups is 2. The first-order chi connectivity index (χ1) is 29.4. The van der Waals surface area contributed by atoms with Gasteiger partial charge in [0, 0.05) is 11.1 Å². The number of benzene rings is 10. The molecule has 0 spiro atoms. The molecule has 286 valence electrons. The molecule has 0 aliphatic rings. The van der Waals surface area contributed by atoms with Gasteiger partial charge in [0.1, 0.15) is 34.1 Å². The van der Waals surface area contributed by atoms with Crippen LogP contribution in [0.1, 0.15) is 20.7 Å². The molecule has 0 aliphatic heterocycles. The summed E-state index contributed by atoms with van der Waals surface area (Å²) in [5, 5.41) is 27.3. The van der Waals surface area contributed by atoms with Crippen LogP contribution in [0.2, 0.25) is 0 Å². The summed E-state index contributed by atoms with van der Waals surface area (Å²) >= 11 is 0. The molecule has 0 saturated carbocycles. The number of ether oxygens (including phenoxy) is 2. The molecule has 0 unspecified atom stereocenters. The van der Waals surface area contributed by atoms with Crippen LogP contribution in [0.5, 0.6) is 23.0 Å².